The number of aromatic hydroxyl groups is 3. The van der Waals surface area contributed by atoms with Crippen molar-refractivity contribution in [3.8, 4) is 40.1 Å². The molecule has 3 aromatic rings. The van der Waals surface area contributed by atoms with Crippen molar-refractivity contribution in [2.45, 2.75) is 0 Å². The van der Waals surface area contributed by atoms with E-state index in [9.17, 15) is 34.2 Å². The molecule has 0 fully saturated rings. The molecule has 0 aliphatic rings. The molecular weight excluding hydrogens is 344 g/mol. The molecule has 0 saturated heterocycles. The molecule has 1 aromatic heterocycles. The van der Waals surface area contributed by atoms with Gasteiger partial charge in [-0.2, -0.15) is 4.98 Å². The minimum atomic E-state index is -1.40. The molecule has 1 heterocycles. The fourth-order valence-electron chi connectivity index (χ4n) is 2.02. The van der Waals surface area contributed by atoms with Gasteiger partial charge in [0.1, 0.15) is 0 Å². The maximum absolute atomic E-state index is 14.1. The van der Waals surface area contributed by atoms with E-state index in [1.54, 1.807) is 0 Å². The van der Waals surface area contributed by atoms with Crippen molar-refractivity contribution in [2.24, 2.45) is 0 Å². The highest BCUT2D eigenvalue weighted by Gasteiger charge is 2.28. The van der Waals surface area contributed by atoms with Crippen LogP contribution in [0.1, 0.15) is 0 Å². The second kappa shape index (κ2) is 5.70. The smallest absolute Gasteiger partial charge is 0.315 e. The van der Waals surface area contributed by atoms with Crippen molar-refractivity contribution in [3.05, 3.63) is 46.0 Å². The Kier molecular flexibility index (Phi) is 3.68. The highest BCUT2D eigenvalue weighted by Crippen LogP contribution is 2.42. The van der Waals surface area contributed by atoms with Gasteiger partial charge < -0.3 is 19.8 Å². The number of nitro benzene ring substituents is 1. The number of phenolic OH excluding ortho intramolecular Hbond substituents is 3. The average molecular weight is 351 g/mol. The summed E-state index contributed by atoms with van der Waals surface area (Å²) in [4.78, 5) is 13.6. The third-order valence-electron chi connectivity index (χ3n) is 3.25. The van der Waals surface area contributed by atoms with Crippen LogP contribution in [0.4, 0.5) is 14.5 Å². The minimum Gasteiger partial charge on any atom is -0.505 e. The first kappa shape index (κ1) is 16.1. The molecule has 2 aromatic carbocycles. The largest absolute Gasteiger partial charge is 0.505 e. The fourth-order valence-corrected chi connectivity index (χ4v) is 2.02. The number of aromatic nitrogens is 2. The Labute approximate surface area is 136 Å². The number of halogens is 2. The molecule has 0 aliphatic heterocycles. The van der Waals surface area contributed by atoms with Crippen LogP contribution in [0.25, 0.3) is 22.8 Å². The summed E-state index contributed by atoms with van der Waals surface area (Å²) < 4.78 is 31.9. The molecule has 3 rings (SSSR count). The van der Waals surface area contributed by atoms with Gasteiger partial charge in [-0.15, -0.1) is 0 Å². The first-order valence-electron chi connectivity index (χ1n) is 6.51. The molecule has 0 bridgehead atoms. The summed E-state index contributed by atoms with van der Waals surface area (Å²) in [5.74, 6) is -6.24. The highest BCUT2D eigenvalue weighted by molar-refractivity contribution is 5.70. The first-order chi connectivity index (χ1) is 11.8. The SMILES string of the molecule is O=[N+]([O-])c1cc(-c2nc(-c3ccc(F)c(O)c3)no2)c(F)c(O)c1O. The zero-order valence-corrected chi connectivity index (χ0v) is 12.0. The first-order valence-corrected chi connectivity index (χ1v) is 6.51. The molecule has 11 heteroatoms. The number of nitrogens with zero attached hydrogens (tertiary/aromatic N) is 3. The molecule has 0 aliphatic carbocycles. The summed E-state index contributed by atoms with van der Waals surface area (Å²) in [6.07, 6.45) is 0. The number of hydrogen-bond acceptors (Lipinski definition) is 8. The monoisotopic (exact) mass is 351 g/mol. The summed E-state index contributed by atoms with van der Waals surface area (Å²) in [5, 5.41) is 42.6. The molecule has 0 saturated carbocycles. The number of hydrogen-bond donors (Lipinski definition) is 3. The lowest BCUT2D eigenvalue weighted by Gasteiger charge is -2.03. The van der Waals surface area contributed by atoms with Gasteiger partial charge in [0.25, 0.3) is 5.89 Å². The second-order valence-corrected chi connectivity index (χ2v) is 4.80. The Bertz CT molecular complexity index is 1000. The number of phenols is 3. The number of rotatable bonds is 3. The van der Waals surface area contributed by atoms with Crippen LogP contribution in [0, 0.1) is 21.7 Å². The highest BCUT2D eigenvalue weighted by atomic mass is 19.1. The summed E-state index contributed by atoms with van der Waals surface area (Å²) in [6, 6.07) is 3.77. The van der Waals surface area contributed by atoms with Crippen LogP contribution in [-0.4, -0.2) is 30.4 Å². The molecule has 0 radical (unpaired) electrons. The van der Waals surface area contributed by atoms with E-state index in [1.165, 1.54) is 6.07 Å². The Hall–Kier alpha value is -3.76. The summed E-state index contributed by atoms with van der Waals surface area (Å²) in [6.45, 7) is 0. The Morgan fingerprint density at radius 2 is 1.84 bits per heavy atom. The Morgan fingerprint density at radius 3 is 2.48 bits per heavy atom. The number of benzene rings is 2. The van der Waals surface area contributed by atoms with Crippen molar-refractivity contribution in [1.82, 2.24) is 10.1 Å². The van der Waals surface area contributed by atoms with Crippen molar-refractivity contribution in [2.75, 3.05) is 0 Å². The van der Waals surface area contributed by atoms with Crippen molar-refractivity contribution in [1.29, 1.82) is 0 Å². The van der Waals surface area contributed by atoms with Crippen molar-refractivity contribution in [3.63, 3.8) is 0 Å². The molecule has 0 atom stereocenters. The van der Waals surface area contributed by atoms with Gasteiger partial charge in [-0.05, 0) is 18.2 Å². The summed E-state index contributed by atoms with van der Waals surface area (Å²) >= 11 is 0. The summed E-state index contributed by atoms with van der Waals surface area (Å²) in [5.41, 5.74) is -1.45. The zero-order chi connectivity index (χ0) is 18.3. The average Bonchev–Trinajstić information content (AvgIpc) is 3.05. The molecule has 0 spiro atoms. The second-order valence-electron chi connectivity index (χ2n) is 4.80. The van der Waals surface area contributed by atoms with Crippen LogP contribution in [-0.2, 0) is 0 Å². The van der Waals surface area contributed by atoms with Crippen LogP contribution in [0.5, 0.6) is 17.2 Å². The van der Waals surface area contributed by atoms with Gasteiger partial charge in [0.2, 0.25) is 17.3 Å². The standard InChI is InChI=1S/C14H7F2N3O6/c15-7-2-1-5(3-9(7)20)13-17-14(25-18-13)6-4-8(19(23)24)11(21)12(22)10(6)16/h1-4,20-22H. The predicted molar refractivity (Wildman–Crippen MR) is 76.7 cm³/mol. The van der Waals surface area contributed by atoms with E-state index in [0.717, 1.165) is 12.1 Å². The van der Waals surface area contributed by atoms with Gasteiger partial charge in [-0.25, -0.2) is 8.78 Å². The predicted octanol–water partition coefficient (Wildman–Crippen LogP) is 2.71. The molecule has 9 nitrogen and oxygen atoms in total. The normalized spacial score (nSPS) is 10.8. The van der Waals surface area contributed by atoms with Gasteiger partial charge >= 0.3 is 5.69 Å². The summed E-state index contributed by atoms with van der Waals surface area (Å²) in [7, 11) is 0. The van der Waals surface area contributed by atoms with E-state index in [0.29, 0.717) is 6.07 Å². The van der Waals surface area contributed by atoms with E-state index in [1.807, 2.05) is 0 Å². The lowest BCUT2D eigenvalue weighted by atomic mass is 10.1. The molecule has 128 valence electrons. The third-order valence-corrected chi connectivity index (χ3v) is 3.25. The van der Waals surface area contributed by atoms with Gasteiger partial charge in [-0.1, -0.05) is 5.16 Å². The number of nitro groups is 1. The molecule has 25 heavy (non-hydrogen) atoms. The van der Waals surface area contributed by atoms with Crippen LogP contribution in [0.2, 0.25) is 0 Å². The van der Waals surface area contributed by atoms with E-state index < -0.39 is 50.9 Å². The molecule has 3 N–H and O–H groups in total. The van der Waals surface area contributed by atoms with Crippen LogP contribution < -0.4 is 0 Å². The van der Waals surface area contributed by atoms with Gasteiger partial charge in [-0.3, -0.25) is 10.1 Å². The Morgan fingerprint density at radius 1 is 1.12 bits per heavy atom. The Balaban J connectivity index is 2.11. The van der Waals surface area contributed by atoms with Crippen LogP contribution in [0.3, 0.4) is 0 Å². The van der Waals surface area contributed by atoms with Gasteiger partial charge in [0.15, 0.2) is 17.4 Å². The maximum atomic E-state index is 14.1. The minimum absolute atomic E-state index is 0.131. The van der Waals surface area contributed by atoms with E-state index in [4.69, 9.17) is 4.52 Å². The lowest BCUT2D eigenvalue weighted by molar-refractivity contribution is -0.385. The third kappa shape index (κ3) is 2.67. The quantitative estimate of drug-likeness (QED) is 0.371. The van der Waals surface area contributed by atoms with E-state index in [-0.39, 0.29) is 11.4 Å². The molecule has 0 amide bonds. The fraction of sp³-hybridized carbons (Fsp3) is 0. The van der Waals surface area contributed by atoms with Crippen molar-refractivity contribution >= 4 is 5.69 Å². The van der Waals surface area contributed by atoms with Crippen LogP contribution >= 0.6 is 0 Å². The lowest BCUT2D eigenvalue weighted by Crippen LogP contribution is -1.94. The van der Waals surface area contributed by atoms with Crippen molar-refractivity contribution < 1.29 is 33.5 Å². The van der Waals surface area contributed by atoms with Gasteiger partial charge in [0, 0.05) is 11.6 Å². The van der Waals surface area contributed by atoms with E-state index >= 15 is 0 Å². The van der Waals surface area contributed by atoms with Gasteiger partial charge in [0.05, 0.1) is 10.5 Å². The zero-order valence-electron chi connectivity index (χ0n) is 12.0. The van der Waals surface area contributed by atoms with Crippen LogP contribution in [0.15, 0.2) is 28.8 Å². The topological polar surface area (TPSA) is 143 Å². The maximum Gasteiger partial charge on any atom is 0.315 e. The molecule has 0 unspecified atom stereocenters. The molecular formula is C14H7F2N3O6. The van der Waals surface area contributed by atoms with E-state index in [2.05, 4.69) is 10.1 Å².